The third-order valence-corrected chi connectivity index (χ3v) is 8.45. The molecular formula is C27H29ClN4O2S. The number of hydrogen-bond acceptors (Lipinski definition) is 5. The van der Waals surface area contributed by atoms with Crippen molar-refractivity contribution in [2.75, 3.05) is 13.1 Å². The molecular weight excluding hydrogens is 480 g/mol. The van der Waals surface area contributed by atoms with Crippen LogP contribution in [0.3, 0.4) is 0 Å². The summed E-state index contributed by atoms with van der Waals surface area (Å²) < 4.78 is 0. The van der Waals surface area contributed by atoms with E-state index < -0.39 is 0 Å². The van der Waals surface area contributed by atoms with Crippen molar-refractivity contribution in [3.05, 3.63) is 69.6 Å². The van der Waals surface area contributed by atoms with Crippen molar-refractivity contribution < 1.29 is 9.59 Å². The summed E-state index contributed by atoms with van der Waals surface area (Å²) in [6.45, 7) is 7.37. The number of rotatable bonds is 5. The minimum Gasteiger partial charge on any atom is -0.350 e. The molecule has 1 saturated heterocycles. The largest absolute Gasteiger partial charge is 0.350 e. The van der Waals surface area contributed by atoms with Gasteiger partial charge in [-0.25, -0.2) is 4.98 Å². The van der Waals surface area contributed by atoms with Crippen molar-refractivity contribution in [3.63, 3.8) is 0 Å². The molecule has 1 aliphatic carbocycles. The van der Waals surface area contributed by atoms with Gasteiger partial charge < -0.3 is 10.2 Å². The highest BCUT2D eigenvalue weighted by molar-refractivity contribution is 7.15. The van der Waals surface area contributed by atoms with Crippen LogP contribution < -0.4 is 5.32 Å². The van der Waals surface area contributed by atoms with Gasteiger partial charge in [0.25, 0.3) is 11.8 Å². The van der Waals surface area contributed by atoms with Crippen LogP contribution in [0.15, 0.2) is 42.7 Å². The molecule has 5 rings (SSSR count). The molecule has 2 fully saturated rings. The Kier molecular flexibility index (Phi) is 6.64. The summed E-state index contributed by atoms with van der Waals surface area (Å²) in [7, 11) is 0. The third-order valence-electron chi connectivity index (χ3n) is 7.23. The first-order valence-corrected chi connectivity index (χ1v) is 13.2. The van der Waals surface area contributed by atoms with Gasteiger partial charge in [-0.05, 0) is 56.1 Å². The minimum atomic E-state index is -0.230. The first kappa shape index (κ1) is 23.9. The quantitative estimate of drug-likeness (QED) is 0.501. The monoisotopic (exact) mass is 508 g/mol. The van der Waals surface area contributed by atoms with Gasteiger partial charge in [0.2, 0.25) is 0 Å². The van der Waals surface area contributed by atoms with E-state index in [2.05, 4.69) is 41.3 Å². The molecule has 8 heteroatoms. The number of carbonyl (C=O) groups excluding carboxylic acids is 2. The number of aromatic nitrogens is 2. The Labute approximate surface area is 214 Å². The fourth-order valence-electron chi connectivity index (χ4n) is 5.77. The number of hydrogen-bond donors (Lipinski definition) is 1. The second-order valence-electron chi connectivity index (χ2n) is 9.91. The standard InChI is InChI=1S/C27H29ClN4O2S/c1-15-5-4-6-18(7-15)25-24(31-17(3)35-25)27(34)32-14-20-8-16(2)9-22(20)23(32)13-30-26(33)19-10-21(28)12-29-11-19/h4-7,10-12,16,20,22-23H,8-9,13-14H2,1-3H3,(H,30,33). The van der Waals surface area contributed by atoms with E-state index in [4.69, 9.17) is 11.6 Å². The number of thiazole rings is 1. The van der Waals surface area contributed by atoms with Crippen LogP contribution in [0, 0.1) is 31.6 Å². The molecule has 0 bridgehead atoms. The van der Waals surface area contributed by atoms with Gasteiger partial charge in [-0.2, -0.15) is 0 Å². The Bertz CT molecular complexity index is 1280. The van der Waals surface area contributed by atoms with Gasteiger partial charge in [-0.3, -0.25) is 14.6 Å². The highest BCUT2D eigenvalue weighted by Gasteiger charge is 2.48. The second kappa shape index (κ2) is 9.70. The van der Waals surface area contributed by atoms with E-state index in [0.29, 0.717) is 47.1 Å². The van der Waals surface area contributed by atoms with Gasteiger partial charge in [0, 0.05) is 25.5 Å². The van der Waals surface area contributed by atoms with Gasteiger partial charge in [0.1, 0.15) is 5.69 Å². The smallest absolute Gasteiger partial charge is 0.274 e. The van der Waals surface area contributed by atoms with Crippen molar-refractivity contribution in [2.45, 2.75) is 39.7 Å². The van der Waals surface area contributed by atoms with Gasteiger partial charge >= 0.3 is 0 Å². The molecule has 0 radical (unpaired) electrons. The number of pyridine rings is 1. The van der Waals surface area contributed by atoms with Crippen molar-refractivity contribution in [2.24, 2.45) is 17.8 Å². The van der Waals surface area contributed by atoms with Crippen molar-refractivity contribution in [3.8, 4) is 10.4 Å². The number of likely N-dealkylation sites (tertiary alicyclic amines) is 1. The van der Waals surface area contributed by atoms with E-state index in [9.17, 15) is 9.59 Å². The molecule has 1 aromatic carbocycles. The van der Waals surface area contributed by atoms with E-state index in [1.54, 1.807) is 17.4 Å². The van der Waals surface area contributed by atoms with Crippen molar-refractivity contribution in [1.82, 2.24) is 20.2 Å². The maximum atomic E-state index is 14.0. The summed E-state index contributed by atoms with van der Waals surface area (Å²) in [4.78, 5) is 38.3. The molecule has 2 amide bonds. The third kappa shape index (κ3) is 4.84. The van der Waals surface area contributed by atoms with E-state index in [1.807, 2.05) is 24.0 Å². The zero-order valence-corrected chi connectivity index (χ0v) is 21.7. The molecule has 1 saturated carbocycles. The molecule has 4 unspecified atom stereocenters. The number of fused-ring (bicyclic) bond motifs is 1. The van der Waals surface area contributed by atoms with Crippen LogP contribution in [0.2, 0.25) is 5.02 Å². The molecule has 4 atom stereocenters. The highest BCUT2D eigenvalue weighted by atomic mass is 35.5. The number of amides is 2. The molecule has 3 aromatic rings. The lowest BCUT2D eigenvalue weighted by Gasteiger charge is -2.28. The van der Waals surface area contributed by atoms with Crippen LogP contribution in [0.4, 0.5) is 0 Å². The molecule has 35 heavy (non-hydrogen) atoms. The normalized spacial score (nSPS) is 23.4. The predicted molar refractivity (Wildman–Crippen MR) is 139 cm³/mol. The molecule has 182 valence electrons. The zero-order chi connectivity index (χ0) is 24.7. The van der Waals surface area contributed by atoms with Crippen LogP contribution >= 0.6 is 22.9 Å². The van der Waals surface area contributed by atoms with Crippen LogP contribution in [-0.2, 0) is 0 Å². The fourth-order valence-corrected chi connectivity index (χ4v) is 6.85. The van der Waals surface area contributed by atoms with Gasteiger partial charge in [0.05, 0.1) is 26.5 Å². The molecule has 3 heterocycles. The Balaban J connectivity index is 1.41. The van der Waals surface area contributed by atoms with Gasteiger partial charge in [-0.1, -0.05) is 48.4 Å². The minimum absolute atomic E-state index is 0.0448. The fraction of sp³-hybridized carbons (Fsp3) is 0.407. The maximum absolute atomic E-state index is 14.0. The predicted octanol–water partition coefficient (Wildman–Crippen LogP) is 5.39. The lowest BCUT2D eigenvalue weighted by Crippen LogP contribution is -2.46. The van der Waals surface area contributed by atoms with Crippen LogP contribution in [0.25, 0.3) is 10.4 Å². The number of benzene rings is 1. The van der Waals surface area contributed by atoms with E-state index in [0.717, 1.165) is 33.9 Å². The number of nitrogens with zero attached hydrogens (tertiary/aromatic N) is 3. The Morgan fingerprint density at radius 2 is 2.03 bits per heavy atom. The summed E-state index contributed by atoms with van der Waals surface area (Å²) in [5.41, 5.74) is 3.10. The summed E-state index contributed by atoms with van der Waals surface area (Å²) in [5, 5.41) is 4.33. The highest BCUT2D eigenvalue weighted by Crippen LogP contribution is 2.45. The SMILES string of the molecule is Cc1cccc(-c2sc(C)nc2C(=O)N2CC3CC(C)CC3C2CNC(=O)c2cncc(Cl)c2)c1. The van der Waals surface area contributed by atoms with Crippen molar-refractivity contribution in [1.29, 1.82) is 0 Å². The molecule has 6 nitrogen and oxygen atoms in total. The average Bonchev–Trinajstić information content (AvgIpc) is 3.49. The maximum Gasteiger partial charge on any atom is 0.274 e. The van der Waals surface area contributed by atoms with Crippen LogP contribution in [0.5, 0.6) is 0 Å². The summed E-state index contributed by atoms with van der Waals surface area (Å²) >= 11 is 7.57. The second-order valence-corrected chi connectivity index (χ2v) is 11.5. The van der Waals surface area contributed by atoms with E-state index in [1.165, 1.54) is 12.4 Å². The molecule has 2 aliphatic rings. The Morgan fingerprint density at radius 1 is 1.20 bits per heavy atom. The number of halogens is 1. The number of nitrogens with one attached hydrogen (secondary N) is 1. The van der Waals surface area contributed by atoms with Gasteiger partial charge in [-0.15, -0.1) is 11.3 Å². The van der Waals surface area contributed by atoms with E-state index >= 15 is 0 Å². The average molecular weight is 509 g/mol. The van der Waals surface area contributed by atoms with Gasteiger partial charge in [0.15, 0.2) is 0 Å². The number of carbonyl (C=O) groups is 2. The van der Waals surface area contributed by atoms with Crippen LogP contribution in [0.1, 0.15) is 51.2 Å². The molecule has 1 N–H and O–H groups in total. The lowest BCUT2D eigenvalue weighted by atomic mass is 9.93. The topological polar surface area (TPSA) is 75.2 Å². The lowest BCUT2D eigenvalue weighted by molar-refractivity contribution is 0.0692. The first-order chi connectivity index (χ1) is 16.8. The molecule has 2 aromatic heterocycles. The van der Waals surface area contributed by atoms with E-state index in [-0.39, 0.29) is 17.9 Å². The van der Waals surface area contributed by atoms with Crippen LogP contribution in [-0.4, -0.2) is 45.8 Å². The summed E-state index contributed by atoms with van der Waals surface area (Å²) in [5.74, 6) is 1.17. The summed E-state index contributed by atoms with van der Waals surface area (Å²) in [6.07, 6.45) is 5.18. The zero-order valence-electron chi connectivity index (χ0n) is 20.1. The molecule has 0 spiro atoms. The summed E-state index contributed by atoms with van der Waals surface area (Å²) in [6, 6.07) is 9.73. The Hall–Kier alpha value is -2.77. The van der Waals surface area contributed by atoms with Crippen molar-refractivity contribution >= 4 is 34.8 Å². The first-order valence-electron chi connectivity index (χ1n) is 12.0. The Morgan fingerprint density at radius 3 is 2.80 bits per heavy atom. The molecule has 1 aliphatic heterocycles. The number of aryl methyl sites for hydroxylation is 2.